The van der Waals surface area contributed by atoms with Crippen LogP contribution in [0.15, 0.2) is 29.8 Å². The van der Waals surface area contributed by atoms with Crippen molar-refractivity contribution in [1.29, 1.82) is 0 Å². The van der Waals surface area contributed by atoms with E-state index < -0.39 is 0 Å². The van der Waals surface area contributed by atoms with Crippen molar-refractivity contribution in [3.63, 3.8) is 0 Å². The van der Waals surface area contributed by atoms with Crippen LogP contribution in [0.5, 0.6) is 11.6 Å². The van der Waals surface area contributed by atoms with E-state index in [0.717, 1.165) is 28.9 Å². The first-order chi connectivity index (χ1) is 10.3. The normalized spacial score (nSPS) is 10.8. The van der Waals surface area contributed by atoms with Crippen LogP contribution in [0.1, 0.15) is 19.0 Å². The number of hydrogen-bond acceptors (Lipinski definition) is 6. The molecule has 3 aromatic heterocycles. The number of fused-ring (bicyclic) bond motifs is 1. The van der Waals surface area contributed by atoms with Gasteiger partial charge in [0.2, 0.25) is 11.8 Å². The van der Waals surface area contributed by atoms with Crippen molar-refractivity contribution in [2.75, 3.05) is 11.9 Å². The molecule has 0 unspecified atom stereocenters. The maximum atomic E-state index is 5.95. The molecule has 0 aliphatic rings. The first-order valence-corrected chi connectivity index (χ1v) is 7.74. The Morgan fingerprint density at radius 2 is 2.19 bits per heavy atom. The first-order valence-electron chi connectivity index (χ1n) is 6.86. The quantitative estimate of drug-likeness (QED) is 0.771. The van der Waals surface area contributed by atoms with E-state index in [1.54, 1.807) is 17.5 Å². The van der Waals surface area contributed by atoms with Crippen LogP contribution in [0, 0.1) is 6.92 Å². The van der Waals surface area contributed by atoms with Gasteiger partial charge in [-0.2, -0.15) is 4.98 Å². The number of aryl methyl sites for hydroxylation is 1. The fourth-order valence-electron chi connectivity index (χ4n) is 1.90. The van der Waals surface area contributed by atoms with Gasteiger partial charge in [-0.25, -0.2) is 4.98 Å². The van der Waals surface area contributed by atoms with Crippen LogP contribution in [0.4, 0.5) is 5.95 Å². The van der Waals surface area contributed by atoms with E-state index >= 15 is 0 Å². The SMILES string of the molecule is CCCNc1nc(Oc2cccnc2C)c2ccsc2n1. The van der Waals surface area contributed by atoms with Crippen molar-refractivity contribution in [1.82, 2.24) is 15.0 Å². The van der Waals surface area contributed by atoms with E-state index in [1.807, 2.05) is 30.5 Å². The summed E-state index contributed by atoms with van der Waals surface area (Å²) >= 11 is 1.58. The third-order valence-electron chi connectivity index (χ3n) is 2.99. The number of nitrogens with one attached hydrogen (secondary N) is 1. The molecule has 6 heteroatoms. The molecule has 0 saturated heterocycles. The standard InChI is InChI=1S/C15H16N4OS/c1-3-7-17-15-18-13(11-6-9-21-14(11)19-15)20-12-5-4-8-16-10(12)2/h4-6,8-9H,3,7H2,1-2H3,(H,17,18,19). The Kier molecular flexibility index (Phi) is 3.96. The van der Waals surface area contributed by atoms with Gasteiger partial charge in [0.25, 0.3) is 0 Å². The van der Waals surface area contributed by atoms with Gasteiger partial charge in [0.05, 0.1) is 11.1 Å². The van der Waals surface area contributed by atoms with Crippen molar-refractivity contribution in [2.24, 2.45) is 0 Å². The predicted molar refractivity (Wildman–Crippen MR) is 85.2 cm³/mol. The predicted octanol–water partition coefficient (Wildman–Crippen LogP) is 4.01. The lowest BCUT2D eigenvalue weighted by atomic mass is 10.3. The maximum Gasteiger partial charge on any atom is 0.232 e. The van der Waals surface area contributed by atoms with E-state index in [0.29, 0.717) is 17.6 Å². The number of anilines is 1. The molecule has 0 fully saturated rings. The van der Waals surface area contributed by atoms with Crippen molar-refractivity contribution in [3.05, 3.63) is 35.5 Å². The number of rotatable bonds is 5. The number of pyridine rings is 1. The molecule has 3 rings (SSSR count). The molecule has 0 spiro atoms. The fraction of sp³-hybridized carbons (Fsp3) is 0.267. The number of thiophene rings is 1. The Bertz CT molecular complexity index is 756. The summed E-state index contributed by atoms with van der Waals surface area (Å²) in [4.78, 5) is 14.1. The van der Waals surface area contributed by atoms with Crippen LogP contribution in [0.25, 0.3) is 10.2 Å². The fourth-order valence-corrected chi connectivity index (χ4v) is 2.66. The highest BCUT2D eigenvalue weighted by molar-refractivity contribution is 7.16. The Labute approximate surface area is 127 Å². The molecule has 0 aromatic carbocycles. The Balaban J connectivity index is 2.00. The van der Waals surface area contributed by atoms with Gasteiger partial charge in [0.1, 0.15) is 4.83 Å². The summed E-state index contributed by atoms with van der Waals surface area (Å²) in [7, 11) is 0. The molecule has 3 aromatic rings. The van der Waals surface area contributed by atoms with E-state index in [9.17, 15) is 0 Å². The van der Waals surface area contributed by atoms with Gasteiger partial charge in [-0.05, 0) is 36.9 Å². The second kappa shape index (κ2) is 6.05. The molecule has 21 heavy (non-hydrogen) atoms. The lowest BCUT2D eigenvalue weighted by molar-refractivity contribution is 0.462. The van der Waals surface area contributed by atoms with Gasteiger partial charge < -0.3 is 10.1 Å². The van der Waals surface area contributed by atoms with E-state index in [2.05, 4.69) is 27.2 Å². The number of ether oxygens (including phenoxy) is 1. The number of hydrogen-bond donors (Lipinski definition) is 1. The lowest BCUT2D eigenvalue weighted by Gasteiger charge is -2.10. The van der Waals surface area contributed by atoms with Crippen molar-refractivity contribution in [2.45, 2.75) is 20.3 Å². The highest BCUT2D eigenvalue weighted by Gasteiger charge is 2.12. The zero-order valence-corrected chi connectivity index (χ0v) is 12.8. The van der Waals surface area contributed by atoms with Crippen LogP contribution in [-0.4, -0.2) is 21.5 Å². The molecule has 3 heterocycles. The maximum absolute atomic E-state index is 5.95. The second-order valence-corrected chi connectivity index (χ2v) is 5.50. The summed E-state index contributed by atoms with van der Waals surface area (Å²) in [5, 5.41) is 6.12. The highest BCUT2D eigenvalue weighted by Crippen LogP contribution is 2.32. The highest BCUT2D eigenvalue weighted by atomic mass is 32.1. The van der Waals surface area contributed by atoms with Gasteiger partial charge in [0, 0.05) is 12.7 Å². The van der Waals surface area contributed by atoms with Crippen LogP contribution >= 0.6 is 11.3 Å². The van der Waals surface area contributed by atoms with Gasteiger partial charge in [-0.3, -0.25) is 4.98 Å². The summed E-state index contributed by atoms with van der Waals surface area (Å²) in [6.07, 6.45) is 2.76. The van der Waals surface area contributed by atoms with E-state index in [-0.39, 0.29) is 0 Å². The molecular formula is C15H16N4OS. The molecule has 0 bridgehead atoms. The summed E-state index contributed by atoms with van der Waals surface area (Å²) in [5.74, 6) is 1.88. The van der Waals surface area contributed by atoms with E-state index in [4.69, 9.17) is 4.74 Å². The molecule has 0 amide bonds. The molecule has 0 aliphatic heterocycles. The van der Waals surface area contributed by atoms with Gasteiger partial charge in [0.15, 0.2) is 5.75 Å². The zero-order valence-electron chi connectivity index (χ0n) is 12.0. The number of aromatic nitrogens is 3. The third-order valence-corrected chi connectivity index (χ3v) is 3.79. The zero-order chi connectivity index (χ0) is 14.7. The van der Waals surface area contributed by atoms with Crippen molar-refractivity contribution < 1.29 is 4.74 Å². The van der Waals surface area contributed by atoms with Crippen molar-refractivity contribution >= 4 is 27.5 Å². The van der Waals surface area contributed by atoms with Gasteiger partial charge >= 0.3 is 0 Å². The smallest absolute Gasteiger partial charge is 0.232 e. The average molecular weight is 300 g/mol. The lowest BCUT2D eigenvalue weighted by Crippen LogP contribution is -2.05. The number of nitrogens with zero attached hydrogens (tertiary/aromatic N) is 3. The largest absolute Gasteiger partial charge is 0.436 e. The van der Waals surface area contributed by atoms with Crippen LogP contribution in [0.3, 0.4) is 0 Å². The summed E-state index contributed by atoms with van der Waals surface area (Å²) < 4.78 is 5.95. The molecule has 0 saturated carbocycles. The van der Waals surface area contributed by atoms with Crippen LogP contribution in [-0.2, 0) is 0 Å². The summed E-state index contributed by atoms with van der Waals surface area (Å²) in [6, 6.07) is 5.72. The summed E-state index contributed by atoms with van der Waals surface area (Å²) in [6.45, 7) is 4.85. The minimum absolute atomic E-state index is 0.566. The Morgan fingerprint density at radius 1 is 1.29 bits per heavy atom. The summed E-state index contributed by atoms with van der Waals surface area (Å²) in [5.41, 5.74) is 0.836. The van der Waals surface area contributed by atoms with Crippen LogP contribution in [0.2, 0.25) is 0 Å². The molecule has 108 valence electrons. The second-order valence-electron chi connectivity index (χ2n) is 4.61. The first kappa shape index (κ1) is 13.8. The Morgan fingerprint density at radius 3 is 3.00 bits per heavy atom. The minimum atomic E-state index is 0.566. The van der Waals surface area contributed by atoms with E-state index in [1.165, 1.54) is 0 Å². The molecule has 1 N–H and O–H groups in total. The minimum Gasteiger partial charge on any atom is -0.436 e. The van der Waals surface area contributed by atoms with Gasteiger partial charge in [-0.15, -0.1) is 11.3 Å². The monoisotopic (exact) mass is 300 g/mol. The molecule has 0 radical (unpaired) electrons. The molecule has 5 nitrogen and oxygen atoms in total. The van der Waals surface area contributed by atoms with Crippen molar-refractivity contribution in [3.8, 4) is 11.6 Å². The third kappa shape index (κ3) is 2.95. The topological polar surface area (TPSA) is 59.9 Å². The molecular weight excluding hydrogens is 284 g/mol. The Hall–Kier alpha value is -2.21. The molecule has 0 atom stereocenters. The molecule has 0 aliphatic carbocycles. The van der Waals surface area contributed by atoms with Gasteiger partial charge in [-0.1, -0.05) is 6.92 Å². The average Bonchev–Trinajstić information content (AvgIpc) is 2.96. The van der Waals surface area contributed by atoms with Crippen LogP contribution < -0.4 is 10.1 Å².